The van der Waals surface area contributed by atoms with E-state index >= 15 is 0 Å². The summed E-state index contributed by atoms with van der Waals surface area (Å²) in [5.41, 5.74) is 2.23. The molecular weight excluding hydrogens is 206 g/mol. The number of carbonyl (C=O) groups excluding carboxylic acids is 1. The highest BCUT2D eigenvalue weighted by atomic mass is 16.4. The lowest BCUT2D eigenvalue weighted by Crippen LogP contribution is -2.32. The number of carboxylic acid groups (broad SMARTS) is 1. The third-order valence-electron chi connectivity index (χ3n) is 2.86. The van der Waals surface area contributed by atoms with Crippen LogP contribution in [0.25, 0.3) is 0 Å². The number of carboxylic acids is 1. The Morgan fingerprint density at radius 2 is 2.12 bits per heavy atom. The fourth-order valence-corrected chi connectivity index (χ4v) is 2.12. The van der Waals surface area contributed by atoms with Crippen LogP contribution < -0.4 is 5.32 Å². The number of nitrogens with one attached hydrogen (secondary N) is 1. The molecule has 1 atom stereocenters. The zero-order valence-electron chi connectivity index (χ0n) is 8.77. The maximum atomic E-state index is 11.7. The number of rotatable bonds is 3. The average Bonchev–Trinajstić information content (AvgIpc) is 2.69. The highest BCUT2D eigenvalue weighted by molar-refractivity contribution is 5.87. The van der Waals surface area contributed by atoms with Gasteiger partial charge in [-0.3, -0.25) is 9.59 Å². The van der Waals surface area contributed by atoms with Gasteiger partial charge in [-0.2, -0.15) is 0 Å². The van der Waals surface area contributed by atoms with Crippen molar-refractivity contribution >= 4 is 11.9 Å². The summed E-state index contributed by atoms with van der Waals surface area (Å²) in [7, 11) is 0. The Hall–Kier alpha value is -1.84. The molecule has 0 heterocycles. The molecule has 1 amide bonds. The van der Waals surface area contributed by atoms with Crippen LogP contribution >= 0.6 is 0 Å². The molecule has 16 heavy (non-hydrogen) atoms. The monoisotopic (exact) mass is 219 g/mol. The molecule has 0 spiro atoms. The molecule has 0 aliphatic heterocycles. The van der Waals surface area contributed by atoms with E-state index in [9.17, 15) is 9.59 Å². The molecule has 84 valence electrons. The second-order valence-corrected chi connectivity index (χ2v) is 3.90. The van der Waals surface area contributed by atoms with E-state index < -0.39 is 5.97 Å². The number of fused-ring (bicyclic) bond motifs is 1. The minimum absolute atomic E-state index is 0.185. The van der Waals surface area contributed by atoms with Gasteiger partial charge in [0.05, 0.1) is 5.92 Å². The number of aryl methyl sites for hydroxylation is 1. The van der Waals surface area contributed by atoms with E-state index in [0.717, 1.165) is 18.4 Å². The van der Waals surface area contributed by atoms with E-state index in [1.54, 1.807) is 0 Å². The van der Waals surface area contributed by atoms with Crippen molar-refractivity contribution in [3.63, 3.8) is 0 Å². The van der Waals surface area contributed by atoms with Crippen LogP contribution in [-0.4, -0.2) is 23.5 Å². The van der Waals surface area contributed by atoms with Crippen molar-refractivity contribution in [3.8, 4) is 0 Å². The summed E-state index contributed by atoms with van der Waals surface area (Å²) in [6.07, 6.45) is 1.66. The van der Waals surface area contributed by atoms with Gasteiger partial charge in [0.25, 0.3) is 0 Å². The second kappa shape index (κ2) is 4.35. The van der Waals surface area contributed by atoms with Gasteiger partial charge < -0.3 is 10.4 Å². The van der Waals surface area contributed by atoms with Crippen molar-refractivity contribution in [1.29, 1.82) is 0 Å². The third-order valence-corrected chi connectivity index (χ3v) is 2.86. The quantitative estimate of drug-likeness (QED) is 0.794. The van der Waals surface area contributed by atoms with E-state index in [0.29, 0.717) is 0 Å². The normalized spacial score (nSPS) is 17.9. The summed E-state index contributed by atoms with van der Waals surface area (Å²) in [6.45, 7) is -0.308. The fourth-order valence-electron chi connectivity index (χ4n) is 2.12. The molecule has 1 aliphatic rings. The summed E-state index contributed by atoms with van der Waals surface area (Å²) in [5.74, 6) is -1.39. The van der Waals surface area contributed by atoms with Crippen LogP contribution in [0, 0.1) is 0 Å². The first-order valence-electron chi connectivity index (χ1n) is 5.26. The van der Waals surface area contributed by atoms with Crippen LogP contribution in [0.4, 0.5) is 0 Å². The van der Waals surface area contributed by atoms with E-state index in [2.05, 4.69) is 5.32 Å². The van der Waals surface area contributed by atoms with Gasteiger partial charge in [-0.15, -0.1) is 0 Å². The van der Waals surface area contributed by atoms with Gasteiger partial charge in [-0.1, -0.05) is 24.3 Å². The zero-order chi connectivity index (χ0) is 11.5. The average molecular weight is 219 g/mol. The molecule has 2 N–H and O–H groups in total. The molecule has 0 saturated carbocycles. The first-order chi connectivity index (χ1) is 7.68. The molecule has 1 aromatic carbocycles. The van der Waals surface area contributed by atoms with Crippen molar-refractivity contribution in [3.05, 3.63) is 35.4 Å². The lowest BCUT2D eigenvalue weighted by molar-refractivity contribution is -0.138. The predicted molar refractivity (Wildman–Crippen MR) is 58.1 cm³/mol. The van der Waals surface area contributed by atoms with Crippen molar-refractivity contribution < 1.29 is 14.7 Å². The van der Waals surface area contributed by atoms with E-state index in [1.165, 1.54) is 5.56 Å². The van der Waals surface area contributed by atoms with E-state index in [1.807, 2.05) is 24.3 Å². The summed E-state index contributed by atoms with van der Waals surface area (Å²) >= 11 is 0. The predicted octanol–water partition coefficient (Wildman–Crippen LogP) is 0.917. The van der Waals surface area contributed by atoms with Crippen LogP contribution in [0.2, 0.25) is 0 Å². The number of hydrogen-bond donors (Lipinski definition) is 2. The Morgan fingerprint density at radius 1 is 1.38 bits per heavy atom. The van der Waals surface area contributed by atoms with Gasteiger partial charge >= 0.3 is 5.97 Å². The van der Waals surface area contributed by atoms with Crippen molar-refractivity contribution in [2.45, 2.75) is 18.8 Å². The minimum atomic E-state index is -1.01. The highest BCUT2D eigenvalue weighted by Crippen LogP contribution is 2.32. The molecule has 1 aromatic rings. The third kappa shape index (κ3) is 2.05. The van der Waals surface area contributed by atoms with Gasteiger partial charge in [0.1, 0.15) is 6.54 Å². The van der Waals surface area contributed by atoms with Crippen LogP contribution in [0.5, 0.6) is 0 Å². The highest BCUT2D eigenvalue weighted by Gasteiger charge is 2.27. The molecule has 0 fully saturated rings. The van der Waals surface area contributed by atoms with E-state index in [-0.39, 0.29) is 18.4 Å². The summed E-state index contributed by atoms with van der Waals surface area (Å²) < 4.78 is 0. The van der Waals surface area contributed by atoms with Gasteiger partial charge in [0.15, 0.2) is 0 Å². The van der Waals surface area contributed by atoms with Crippen molar-refractivity contribution in [2.24, 2.45) is 0 Å². The molecule has 1 unspecified atom stereocenters. The summed E-state index contributed by atoms with van der Waals surface area (Å²) in [4.78, 5) is 22.1. The molecule has 0 bridgehead atoms. The van der Waals surface area contributed by atoms with Crippen molar-refractivity contribution in [2.75, 3.05) is 6.54 Å². The molecule has 0 saturated heterocycles. The molecule has 2 rings (SSSR count). The van der Waals surface area contributed by atoms with Crippen LogP contribution in [-0.2, 0) is 16.0 Å². The maximum absolute atomic E-state index is 11.7. The van der Waals surface area contributed by atoms with Crippen molar-refractivity contribution in [1.82, 2.24) is 5.32 Å². The minimum Gasteiger partial charge on any atom is -0.480 e. The molecule has 4 nitrogen and oxygen atoms in total. The second-order valence-electron chi connectivity index (χ2n) is 3.90. The first kappa shape index (κ1) is 10.7. The standard InChI is InChI=1S/C12H13NO3/c14-11(15)7-13-12(16)10-6-5-8-3-1-2-4-9(8)10/h1-4,10H,5-7H2,(H,13,16)(H,14,15). The Bertz CT molecular complexity index is 428. The Kier molecular flexibility index (Phi) is 2.90. The lowest BCUT2D eigenvalue weighted by Gasteiger charge is -2.10. The number of amides is 1. The topological polar surface area (TPSA) is 66.4 Å². The Balaban J connectivity index is 2.07. The first-order valence-corrected chi connectivity index (χ1v) is 5.26. The van der Waals surface area contributed by atoms with E-state index in [4.69, 9.17) is 5.11 Å². The van der Waals surface area contributed by atoms with Crippen LogP contribution in [0.3, 0.4) is 0 Å². The van der Waals surface area contributed by atoms with Gasteiger partial charge in [-0.05, 0) is 24.0 Å². The zero-order valence-corrected chi connectivity index (χ0v) is 8.77. The molecule has 1 aliphatic carbocycles. The van der Waals surface area contributed by atoms with Gasteiger partial charge in [0, 0.05) is 0 Å². The molecule has 4 heteroatoms. The molecule has 0 aromatic heterocycles. The Morgan fingerprint density at radius 3 is 2.88 bits per heavy atom. The van der Waals surface area contributed by atoms with Gasteiger partial charge in [0.2, 0.25) is 5.91 Å². The number of hydrogen-bond acceptors (Lipinski definition) is 2. The smallest absolute Gasteiger partial charge is 0.322 e. The summed E-state index contributed by atoms with van der Waals surface area (Å²) in [6, 6.07) is 7.81. The number of carbonyl (C=O) groups is 2. The summed E-state index contributed by atoms with van der Waals surface area (Å²) in [5, 5.41) is 10.9. The van der Waals surface area contributed by atoms with Crippen LogP contribution in [0.15, 0.2) is 24.3 Å². The van der Waals surface area contributed by atoms with Gasteiger partial charge in [-0.25, -0.2) is 0 Å². The number of benzene rings is 1. The SMILES string of the molecule is O=C(O)CNC(=O)C1CCc2ccccc21. The van der Waals surface area contributed by atoms with Crippen LogP contribution in [0.1, 0.15) is 23.5 Å². The largest absolute Gasteiger partial charge is 0.480 e. The Labute approximate surface area is 93.3 Å². The molecular formula is C12H13NO3. The fraction of sp³-hybridized carbons (Fsp3) is 0.333. The lowest BCUT2D eigenvalue weighted by atomic mass is 10.0. The maximum Gasteiger partial charge on any atom is 0.322 e. The number of aliphatic carboxylic acids is 1. The molecule has 0 radical (unpaired) electrons.